The van der Waals surface area contributed by atoms with Crippen molar-refractivity contribution in [2.24, 2.45) is 0 Å². The van der Waals surface area contributed by atoms with Crippen LogP contribution in [0.4, 0.5) is 0 Å². The second kappa shape index (κ2) is 5.85. The van der Waals surface area contributed by atoms with Gasteiger partial charge in [0.05, 0.1) is 23.8 Å². The monoisotopic (exact) mass is 388 g/mol. The van der Waals surface area contributed by atoms with Gasteiger partial charge in [-0.1, -0.05) is 56.1 Å². The second-order valence-corrected chi connectivity index (χ2v) is 6.13. The average molecular weight is 390 g/mol. The van der Waals surface area contributed by atoms with Gasteiger partial charge in [0, 0.05) is 20.1 Å². The van der Waals surface area contributed by atoms with Gasteiger partial charge in [-0.3, -0.25) is 9.97 Å². The summed E-state index contributed by atoms with van der Waals surface area (Å²) in [4.78, 5) is 8.98. The van der Waals surface area contributed by atoms with E-state index >= 15 is 0 Å². The Balaban J connectivity index is 1.91. The van der Waals surface area contributed by atoms with Gasteiger partial charge < -0.3 is 0 Å². The second-order valence-electron chi connectivity index (χ2n) is 4.30. The standard InChI is InChI=1S/C16H10Br2N2/c17-13-5-1-11(2-6-13)15-9-20-16(10-19-15)12-3-7-14(18)8-4-12/h1-10H. The molecular weight excluding hydrogens is 380 g/mol. The van der Waals surface area contributed by atoms with E-state index in [-0.39, 0.29) is 0 Å². The number of nitrogens with zero attached hydrogens (tertiary/aromatic N) is 2. The Morgan fingerprint density at radius 1 is 0.550 bits per heavy atom. The molecule has 3 rings (SSSR count). The predicted octanol–water partition coefficient (Wildman–Crippen LogP) is 5.34. The minimum Gasteiger partial charge on any atom is -0.252 e. The third kappa shape index (κ3) is 2.97. The minimum atomic E-state index is 0.873. The molecule has 0 fully saturated rings. The van der Waals surface area contributed by atoms with Crippen LogP contribution in [-0.4, -0.2) is 9.97 Å². The van der Waals surface area contributed by atoms with E-state index in [0.717, 1.165) is 31.5 Å². The van der Waals surface area contributed by atoms with Crippen LogP contribution in [0.25, 0.3) is 22.5 Å². The molecule has 1 heterocycles. The van der Waals surface area contributed by atoms with Crippen LogP contribution in [0.2, 0.25) is 0 Å². The molecule has 0 unspecified atom stereocenters. The SMILES string of the molecule is Brc1ccc(-c2cnc(-c3ccc(Br)cc3)cn2)cc1. The largest absolute Gasteiger partial charge is 0.252 e. The van der Waals surface area contributed by atoms with Crippen LogP contribution >= 0.6 is 31.9 Å². The van der Waals surface area contributed by atoms with Gasteiger partial charge in [0.1, 0.15) is 0 Å². The fourth-order valence-electron chi connectivity index (χ4n) is 1.87. The normalized spacial score (nSPS) is 10.5. The Hall–Kier alpha value is -1.52. The molecule has 0 aliphatic heterocycles. The molecule has 0 saturated heterocycles. The van der Waals surface area contributed by atoms with Gasteiger partial charge in [0.15, 0.2) is 0 Å². The molecule has 4 heteroatoms. The molecule has 98 valence electrons. The Kier molecular flexibility index (Phi) is 3.94. The van der Waals surface area contributed by atoms with Gasteiger partial charge >= 0.3 is 0 Å². The van der Waals surface area contributed by atoms with Crippen LogP contribution in [-0.2, 0) is 0 Å². The number of aromatic nitrogens is 2. The summed E-state index contributed by atoms with van der Waals surface area (Å²) >= 11 is 6.85. The van der Waals surface area contributed by atoms with Gasteiger partial charge in [-0.25, -0.2) is 0 Å². The van der Waals surface area contributed by atoms with Gasteiger partial charge in [0.25, 0.3) is 0 Å². The zero-order chi connectivity index (χ0) is 13.9. The van der Waals surface area contributed by atoms with Crippen molar-refractivity contribution in [2.45, 2.75) is 0 Å². The molecule has 3 aromatic rings. The van der Waals surface area contributed by atoms with Crippen LogP contribution in [0.5, 0.6) is 0 Å². The minimum absolute atomic E-state index is 0.873. The lowest BCUT2D eigenvalue weighted by Gasteiger charge is -2.03. The van der Waals surface area contributed by atoms with Crippen LogP contribution in [0.1, 0.15) is 0 Å². The van der Waals surface area contributed by atoms with E-state index in [9.17, 15) is 0 Å². The number of rotatable bonds is 2. The van der Waals surface area contributed by atoms with Crippen molar-refractivity contribution in [3.05, 3.63) is 69.9 Å². The van der Waals surface area contributed by atoms with Crippen molar-refractivity contribution in [1.29, 1.82) is 0 Å². The van der Waals surface area contributed by atoms with Crippen LogP contribution in [0, 0.1) is 0 Å². The van der Waals surface area contributed by atoms with E-state index in [1.54, 1.807) is 12.4 Å². The van der Waals surface area contributed by atoms with Crippen molar-refractivity contribution in [2.75, 3.05) is 0 Å². The fraction of sp³-hybridized carbons (Fsp3) is 0. The number of halogens is 2. The maximum atomic E-state index is 4.49. The van der Waals surface area contributed by atoms with Gasteiger partial charge in [0.2, 0.25) is 0 Å². The number of hydrogen-bond donors (Lipinski definition) is 0. The Morgan fingerprint density at radius 2 is 0.900 bits per heavy atom. The zero-order valence-corrected chi connectivity index (χ0v) is 13.6. The first-order chi connectivity index (χ1) is 9.72. The lowest BCUT2D eigenvalue weighted by atomic mass is 10.1. The Bertz CT molecular complexity index is 640. The molecule has 0 bridgehead atoms. The summed E-state index contributed by atoms with van der Waals surface area (Å²) < 4.78 is 2.11. The Labute approximate surface area is 134 Å². The van der Waals surface area contributed by atoms with E-state index < -0.39 is 0 Å². The van der Waals surface area contributed by atoms with E-state index in [1.165, 1.54) is 0 Å². The highest BCUT2D eigenvalue weighted by atomic mass is 79.9. The van der Waals surface area contributed by atoms with E-state index in [4.69, 9.17) is 0 Å². The molecule has 1 aromatic heterocycles. The third-order valence-electron chi connectivity index (χ3n) is 2.93. The molecule has 0 atom stereocenters. The Morgan fingerprint density at radius 3 is 1.20 bits per heavy atom. The first-order valence-corrected chi connectivity index (χ1v) is 7.65. The summed E-state index contributed by atoms with van der Waals surface area (Å²) in [5.74, 6) is 0. The summed E-state index contributed by atoms with van der Waals surface area (Å²) in [6, 6.07) is 16.1. The van der Waals surface area contributed by atoms with Crippen LogP contribution in [0.3, 0.4) is 0 Å². The van der Waals surface area contributed by atoms with E-state index in [0.29, 0.717) is 0 Å². The summed E-state index contributed by atoms with van der Waals surface area (Å²) in [7, 11) is 0. The molecule has 0 amide bonds. The molecule has 0 saturated carbocycles. The van der Waals surface area contributed by atoms with Crippen molar-refractivity contribution >= 4 is 31.9 Å². The maximum absolute atomic E-state index is 4.49. The van der Waals surface area contributed by atoms with E-state index in [1.807, 2.05) is 48.5 Å². The lowest BCUT2D eigenvalue weighted by molar-refractivity contribution is 1.21. The third-order valence-corrected chi connectivity index (χ3v) is 3.99. The first-order valence-electron chi connectivity index (χ1n) is 6.06. The molecule has 0 radical (unpaired) electrons. The molecule has 0 N–H and O–H groups in total. The quantitative estimate of drug-likeness (QED) is 0.591. The van der Waals surface area contributed by atoms with Gasteiger partial charge in [-0.2, -0.15) is 0 Å². The summed E-state index contributed by atoms with van der Waals surface area (Å²) in [6.45, 7) is 0. The topological polar surface area (TPSA) is 25.8 Å². The molecule has 0 aliphatic rings. The molecule has 2 aromatic carbocycles. The van der Waals surface area contributed by atoms with Crippen LogP contribution < -0.4 is 0 Å². The molecule has 0 spiro atoms. The highest BCUT2D eigenvalue weighted by molar-refractivity contribution is 9.10. The van der Waals surface area contributed by atoms with Crippen molar-refractivity contribution in [3.8, 4) is 22.5 Å². The van der Waals surface area contributed by atoms with Gasteiger partial charge in [-0.15, -0.1) is 0 Å². The van der Waals surface area contributed by atoms with Crippen molar-refractivity contribution in [3.63, 3.8) is 0 Å². The smallest absolute Gasteiger partial charge is 0.0885 e. The van der Waals surface area contributed by atoms with Crippen molar-refractivity contribution < 1.29 is 0 Å². The highest BCUT2D eigenvalue weighted by Gasteiger charge is 2.03. The van der Waals surface area contributed by atoms with Gasteiger partial charge in [-0.05, 0) is 24.3 Å². The summed E-state index contributed by atoms with van der Waals surface area (Å²) in [5, 5.41) is 0. The molecule has 2 nitrogen and oxygen atoms in total. The maximum Gasteiger partial charge on any atom is 0.0885 e. The zero-order valence-electron chi connectivity index (χ0n) is 10.4. The predicted molar refractivity (Wildman–Crippen MR) is 88.3 cm³/mol. The van der Waals surface area contributed by atoms with E-state index in [2.05, 4.69) is 41.8 Å². The van der Waals surface area contributed by atoms with Crippen molar-refractivity contribution in [1.82, 2.24) is 9.97 Å². The highest BCUT2D eigenvalue weighted by Crippen LogP contribution is 2.22. The number of hydrogen-bond acceptors (Lipinski definition) is 2. The average Bonchev–Trinajstić information content (AvgIpc) is 2.49. The molecular formula is C16H10Br2N2. The molecule has 20 heavy (non-hydrogen) atoms. The molecule has 0 aliphatic carbocycles. The summed E-state index contributed by atoms with van der Waals surface area (Å²) in [5.41, 5.74) is 3.86. The van der Waals surface area contributed by atoms with Crippen LogP contribution in [0.15, 0.2) is 69.9 Å². The number of benzene rings is 2. The fourth-order valence-corrected chi connectivity index (χ4v) is 2.40. The summed E-state index contributed by atoms with van der Waals surface area (Å²) in [6.07, 6.45) is 3.61. The first kappa shape index (κ1) is 13.5. The lowest BCUT2D eigenvalue weighted by Crippen LogP contribution is -1.89.